The molecule has 1 rings (SSSR count). The molecule has 0 amide bonds. The Morgan fingerprint density at radius 3 is 2.46 bits per heavy atom. The quantitative estimate of drug-likeness (QED) is 0.705. The largest absolute Gasteiger partial charge is 0.491 e. The van der Waals surface area contributed by atoms with E-state index in [4.69, 9.17) is 10.1 Å². The first-order valence-electron chi connectivity index (χ1n) is 4.53. The van der Waals surface area contributed by atoms with E-state index in [-0.39, 0.29) is 6.10 Å². The lowest BCUT2D eigenvalue weighted by Gasteiger charge is -2.12. The molecule has 0 radical (unpaired) electrons. The molecule has 2 nitrogen and oxygen atoms in total. The molecule has 0 saturated carbocycles. The second kappa shape index (κ2) is 4.65. The first-order valence-corrected chi connectivity index (χ1v) is 4.53. The maximum atomic E-state index is 7.03. The van der Waals surface area contributed by atoms with Crippen molar-refractivity contribution in [3.05, 3.63) is 29.8 Å². The normalized spacial score (nSPS) is 12.2. The standard InChI is InChI=1S/C11H15NO/c1-3-9(2)13-11-6-4-10(8-12)5-7-11/h4-9,12H,3H2,1-2H3. The van der Waals surface area contributed by atoms with Gasteiger partial charge in [-0.2, -0.15) is 0 Å². The van der Waals surface area contributed by atoms with Crippen LogP contribution in [0.2, 0.25) is 0 Å². The Hall–Kier alpha value is -1.31. The number of benzene rings is 1. The van der Waals surface area contributed by atoms with Crippen LogP contribution in [0.3, 0.4) is 0 Å². The summed E-state index contributed by atoms with van der Waals surface area (Å²) in [6.07, 6.45) is 2.59. The first kappa shape index (κ1) is 9.78. The third-order valence-electron chi connectivity index (χ3n) is 1.96. The molecule has 2 heteroatoms. The molecule has 1 aromatic carbocycles. The van der Waals surface area contributed by atoms with Crippen molar-refractivity contribution in [3.63, 3.8) is 0 Å². The minimum Gasteiger partial charge on any atom is -0.491 e. The van der Waals surface area contributed by atoms with E-state index < -0.39 is 0 Å². The lowest BCUT2D eigenvalue weighted by Crippen LogP contribution is -2.09. The zero-order chi connectivity index (χ0) is 9.68. The molecule has 1 N–H and O–H groups in total. The van der Waals surface area contributed by atoms with Gasteiger partial charge in [-0.25, -0.2) is 0 Å². The van der Waals surface area contributed by atoms with Gasteiger partial charge in [-0.3, -0.25) is 0 Å². The van der Waals surface area contributed by atoms with Crippen LogP contribution in [-0.4, -0.2) is 12.3 Å². The van der Waals surface area contributed by atoms with Gasteiger partial charge in [-0.15, -0.1) is 0 Å². The Balaban J connectivity index is 2.63. The monoisotopic (exact) mass is 177 g/mol. The van der Waals surface area contributed by atoms with E-state index in [9.17, 15) is 0 Å². The van der Waals surface area contributed by atoms with E-state index in [1.807, 2.05) is 31.2 Å². The van der Waals surface area contributed by atoms with E-state index in [2.05, 4.69) is 6.92 Å². The number of hydrogen-bond acceptors (Lipinski definition) is 2. The molecule has 0 bridgehead atoms. The summed E-state index contributed by atoms with van der Waals surface area (Å²) in [4.78, 5) is 0. The zero-order valence-electron chi connectivity index (χ0n) is 8.08. The van der Waals surface area contributed by atoms with Crippen LogP contribution in [0.5, 0.6) is 5.75 Å². The summed E-state index contributed by atoms with van der Waals surface area (Å²) < 4.78 is 5.59. The van der Waals surface area contributed by atoms with Gasteiger partial charge in [0.05, 0.1) is 6.10 Å². The summed E-state index contributed by atoms with van der Waals surface area (Å²) in [5.41, 5.74) is 0.900. The molecular formula is C11H15NO. The molecule has 0 aliphatic heterocycles. The van der Waals surface area contributed by atoms with Gasteiger partial charge in [0.25, 0.3) is 0 Å². The third-order valence-corrected chi connectivity index (χ3v) is 1.96. The van der Waals surface area contributed by atoms with Crippen molar-refractivity contribution in [3.8, 4) is 5.75 Å². The van der Waals surface area contributed by atoms with E-state index in [1.54, 1.807) is 0 Å². The lowest BCUT2D eigenvalue weighted by molar-refractivity contribution is 0.217. The molecule has 1 unspecified atom stereocenters. The summed E-state index contributed by atoms with van der Waals surface area (Å²) in [6, 6.07) is 7.55. The van der Waals surface area contributed by atoms with Gasteiger partial charge in [0.15, 0.2) is 0 Å². The first-order chi connectivity index (χ1) is 6.26. The van der Waals surface area contributed by atoms with Crippen LogP contribution in [0, 0.1) is 5.41 Å². The molecule has 0 saturated heterocycles. The van der Waals surface area contributed by atoms with Crippen molar-refractivity contribution in [2.45, 2.75) is 26.4 Å². The van der Waals surface area contributed by atoms with Crippen LogP contribution in [0.25, 0.3) is 0 Å². The maximum Gasteiger partial charge on any atom is 0.119 e. The Bertz CT molecular complexity index is 266. The molecule has 0 aliphatic carbocycles. The van der Waals surface area contributed by atoms with Crippen LogP contribution in [0.1, 0.15) is 25.8 Å². The van der Waals surface area contributed by atoms with Crippen molar-refractivity contribution in [1.82, 2.24) is 0 Å². The molecule has 0 fully saturated rings. The van der Waals surface area contributed by atoms with Crippen LogP contribution in [0.15, 0.2) is 24.3 Å². The van der Waals surface area contributed by atoms with Crippen molar-refractivity contribution in [2.75, 3.05) is 0 Å². The fourth-order valence-corrected chi connectivity index (χ4v) is 0.958. The Morgan fingerprint density at radius 1 is 1.38 bits per heavy atom. The highest BCUT2D eigenvalue weighted by molar-refractivity contribution is 5.76. The molecule has 0 spiro atoms. The SMILES string of the molecule is CCC(C)Oc1ccc(C=N)cc1. The highest BCUT2D eigenvalue weighted by Gasteiger charge is 1.99. The van der Waals surface area contributed by atoms with E-state index >= 15 is 0 Å². The average molecular weight is 177 g/mol. The average Bonchev–Trinajstić information content (AvgIpc) is 2.19. The smallest absolute Gasteiger partial charge is 0.119 e. The van der Waals surface area contributed by atoms with Gasteiger partial charge < -0.3 is 10.1 Å². The number of rotatable bonds is 4. The van der Waals surface area contributed by atoms with Gasteiger partial charge in [-0.1, -0.05) is 6.92 Å². The van der Waals surface area contributed by atoms with Crippen LogP contribution in [0.4, 0.5) is 0 Å². The second-order valence-electron chi connectivity index (χ2n) is 3.05. The van der Waals surface area contributed by atoms with E-state index in [1.165, 1.54) is 6.21 Å². The summed E-state index contributed by atoms with van der Waals surface area (Å²) in [5, 5.41) is 7.03. The number of nitrogens with one attached hydrogen (secondary N) is 1. The van der Waals surface area contributed by atoms with Crippen LogP contribution >= 0.6 is 0 Å². The summed E-state index contributed by atoms with van der Waals surface area (Å²) >= 11 is 0. The fourth-order valence-electron chi connectivity index (χ4n) is 0.958. The zero-order valence-corrected chi connectivity index (χ0v) is 8.08. The molecule has 70 valence electrons. The minimum absolute atomic E-state index is 0.255. The molecule has 1 atom stereocenters. The van der Waals surface area contributed by atoms with Crippen molar-refractivity contribution < 1.29 is 4.74 Å². The summed E-state index contributed by atoms with van der Waals surface area (Å²) in [7, 11) is 0. The van der Waals surface area contributed by atoms with Gasteiger partial charge >= 0.3 is 0 Å². The van der Waals surface area contributed by atoms with Crippen molar-refractivity contribution in [2.24, 2.45) is 0 Å². The molecule has 0 aliphatic rings. The topological polar surface area (TPSA) is 33.1 Å². The van der Waals surface area contributed by atoms with Gasteiger partial charge in [0, 0.05) is 6.21 Å². The molecule has 13 heavy (non-hydrogen) atoms. The Morgan fingerprint density at radius 2 is 2.00 bits per heavy atom. The van der Waals surface area contributed by atoms with Crippen LogP contribution < -0.4 is 4.74 Å². The minimum atomic E-state index is 0.255. The third kappa shape index (κ3) is 2.90. The summed E-state index contributed by atoms with van der Waals surface area (Å²) in [5.74, 6) is 0.875. The fraction of sp³-hybridized carbons (Fsp3) is 0.364. The second-order valence-corrected chi connectivity index (χ2v) is 3.05. The van der Waals surface area contributed by atoms with Crippen molar-refractivity contribution in [1.29, 1.82) is 5.41 Å². The summed E-state index contributed by atoms with van der Waals surface area (Å²) in [6.45, 7) is 4.14. The van der Waals surface area contributed by atoms with Crippen molar-refractivity contribution >= 4 is 6.21 Å². The van der Waals surface area contributed by atoms with Gasteiger partial charge in [0.1, 0.15) is 5.75 Å². The molecule has 1 aromatic rings. The van der Waals surface area contributed by atoms with Gasteiger partial charge in [-0.05, 0) is 43.2 Å². The van der Waals surface area contributed by atoms with Crippen LogP contribution in [-0.2, 0) is 0 Å². The lowest BCUT2D eigenvalue weighted by atomic mass is 10.2. The van der Waals surface area contributed by atoms with Gasteiger partial charge in [0.2, 0.25) is 0 Å². The molecular weight excluding hydrogens is 162 g/mol. The maximum absolute atomic E-state index is 7.03. The highest BCUT2D eigenvalue weighted by Crippen LogP contribution is 2.13. The molecule has 0 heterocycles. The predicted octanol–water partition coefficient (Wildman–Crippen LogP) is 2.86. The number of hydrogen-bond donors (Lipinski definition) is 1. The Kier molecular flexibility index (Phi) is 3.50. The highest BCUT2D eigenvalue weighted by atomic mass is 16.5. The molecule has 0 aromatic heterocycles. The van der Waals surface area contributed by atoms with E-state index in [0.29, 0.717) is 0 Å². The van der Waals surface area contributed by atoms with E-state index in [0.717, 1.165) is 17.7 Å². The number of ether oxygens (including phenoxy) is 1. The predicted molar refractivity (Wildman–Crippen MR) is 54.7 cm³/mol. The Labute approximate surface area is 79.1 Å².